The lowest BCUT2D eigenvalue weighted by Gasteiger charge is -2.27. The second-order valence-electron chi connectivity index (χ2n) is 4.48. The standard InChI is InChI=1S/C12H16BrN3O4/c1-4-5-12(2,11(17)20-3)15-10-9(16(18)19)6-8(13)7-14-10/h6-7H,4-5H2,1-3H3,(H,14,15). The number of pyridine rings is 1. The van der Waals surface area contributed by atoms with Crippen LogP contribution < -0.4 is 5.32 Å². The minimum Gasteiger partial charge on any atom is -0.467 e. The number of rotatable bonds is 6. The lowest BCUT2D eigenvalue weighted by atomic mass is 9.96. The van der Waals surface area contributed by atoms with Gasteiger partial charge >= 0.3 is 11.7 Å². The Morgan fingerprint density at radius 3 is 2.80 bits per heavy atom. The Morgan fingerprint density at radius 1 is 1.65 bits per heavy atom. The fraction of sp³-hybridized carbons (Fsp3) is 0.500. The van der Waals surface area contributed by atoms with Gasteiger partial charge in [0.15, 0.2) is 0 Å². The molecule has 110 valence electrons. The van der Waals surface area contributed by atoms with Crippen molar-refractivity contribution in [1.82, 2.24) is 4.98 Å². The van der Waals surface area contributed by atoms with Crippen LogP contribution in [0.15, 0.2) is 16.7 Å². The first-order chi connectivity index (χ1) is 9.34. The molecule has 0 aliphatic carbocycles. The predicted molar refractivity (Wildman–Crippen MR) is 77.5 cm³/mol. The third-order valence-corrected chi connectivity index (χ3v) is 3.24. The highest BCUT2D eigenvalue weighted by Crippen LogP contribution is 2.29. The topological polar surface area (TPSA) is 94.4 Å². The molecule has 7 nitrogen and oxygen atoms in total. The number of nitrogens with zero attached hydrogens (tertiary/aromatic N) is 2. The smallest absolute Gasteiger partial charge is 0.331 e. The van der Waals surface area contributed by atoms with Crippen molar-refractivity contribution in [2.45, 2.75) is 32.2 Å². The third kappa shape index (κ3) is 3.66. The van der Waals surface area contributed by atoms with Crippen LogP contribution in [0.25, 0.3) is 0 Å². The molecule has 1 atom stereocenters. The maximum Gasteiger partial charge on any atom is 0.331 e. The van der Waals surface area contributed by atoms with E-state index in [1.165, 1.54) is 19.4 Å². The number of nitrogens with one attached hydrogen (secondary N) is 1. The SMILES string of the molecule is CCCC(C)(Nc1ncc(Br)cc1[N+](=O)[O-])C(=O)OC. The predicted octanol–water partition coefficient (Wildman–Crippen LogP) is 2.90. The van der Waals surface area contributed by atoms with Crippen molar-refractivity contribution in [3.05, 3.63) is 26.9 Å². The van der Waals surface area contributed by atoms with Crippen molar-refractivity contribution in [3.8, 4) is 0 Å². The molecule has 1 rings (SSSR count). The van der Waals surface area contributed by atoms with Crippen molar-refractivity contribution in [2.75, 3.05) is 12.4 Å². The van der Waals surface area contributed by atoms with E-state index < -0.39 is 16.4 Å². The number of hydrogen-bond donors (Lipinski definition) is 1. The van der Waals surface area contributed by atoms with E-state index in [4.69, 9.17) is 4.74 Å². The van der Waals surface area contributed by atoms with E-state index in [-0.39, 0.29) is 11.5 Å². The molecule has 1 heterocycles. The van der Waals surface area contributed by atoms with Crippen LogP contribution >= 0.6 is 15.9 Å². The first kappa shape index (κ1) is 16.4. The summed E-state index contributed by atoms with van der Waals surface area (Å²) >= 11 is 3.13. The van der Waals surface area contributed by atoms with Crippen LogP contribution in [-0.4, -0.2) is 28.5 Å². The van der Waals surface area contributed by atoms with Gasteiger partial charge in [-0.1, -0.05) is 13.3 Å². The molecule has 1 aromatic rings. The Labute approximate surface area is 125 Å². The summed E-state index contributed by atoms with van der Waals surface area (Å²) in [5, 5.41) is 13.9. The molecule has 1 aromatic heterocycles. The zero-order chi connectivity index (χ0) is 15.3. The summed E-state index contributed by atoms with van der Waals surface area (Å²) in [5.41, 5.74) is -1.26. The number of hydrogen-bond acceptors (Lipinski definition) is 6. The Morgan fingerprint density at radius 2 is 2.30 bits per heavy atom. The van der Waals surface area contributed by atoms with E-state index in [0.717, 1.165) is 0 Å². The molecule has 0 amide bonds. The van der Waals surface area contributed by atoms with E-state index in [9.17, 15) is 14.9 Å². The number of methoxy groups -OCH3 is 1. The summed E-state index contributed by atoms with van der Waals surface area (Å²) in [6.45, 7) is 3.54. The highest BCUT2D eigenvalue weighted by molar-refractivity contribution is 9.10. The molecule has 0 aliphatic heterocycles. The fourth-order valence-electron chi connectivity index (χ4n) is 1.87. The number of halogens is 1. The summed E-state index contributed by atoms with van der Waals surface area (Å²) in [5.74, 6) is -0.446. The summed E-state index contributed by atoms with van der Waals surface area (Å²) in [7, 11) is 1.28. The number of esters is 1. The van der Waals surface area contributed by atoms with Crippen LogP contribution in [0.4, 0.5) is 11.5 Å². The summed E-state index contributed by atoms with van der Waals surface area (Å²) in [6.07, 6.45) is 2.61. The van der Waals surface area contributed by atoms with Crippen LogP contribution in [0.5, 0.6) is 0 Å². The Kier molecular flexibility index (Phi) is 5.43. The molecule has 0 saturated heterocycles. The zero-order valence-electron chi connectivity index (χ0n) is 11.5. The molecular weight excluding hydrogens is 330 g/mol. The molecule has 0 bridgehead atoms. The first-order valence-electron chi connectivity index (χ1n) is 6.00. The van der Waals surface area contributed by atoms with Crippen molar-refractivity contribution in [3.63, 3.8) is 0 Å². The third-order valence-electron chi connectivity index (χ3n) is 2.81. The number of aromatic nitrogens is 1. The minimum atomic E-state index is -1.06. The molecule has 0 aromatic carbocycles. The van der Waals surface area contributed by atoms with Gasteiger partial charge in [0.05, 0.1) is 12.0 Å². The normalized spacial score (nSPS) is 13.4. The molecule has 20 heavy (non-hydrogen) atoms. The second-order valence-corrected chi connectivity index (χ2v) is 5.39. The number of anilines is 1. The maximum atomic E-state index is 11.9. The molecule has 0 aliphatic rings. The largest absolute Gasteiger partial charge is 0.467 e. The van der Waals surface area contributed by atoms with Crippen LogP contribution in [0.1, 0.15) is 26.7 Å². The summed E-state index contributed by atoms with van der Waals surface area (Å²) in [4.78, 5) is 26.4. The van der Waals surface area contributed by atoms with Gasteiger partial charge in [-0.25, -0.2) is 9.78 Å². The average Bonchev–Trinajstić information content (AvgIpc) is 2.39. The number of carbonyl (C=O) groups is 1. The molecule has 0 saturated carbocycles. The maximum absolute atomic E-state index is 11.9. The summed E-state index contributed by atoms with van der Waals surface area (Å²) < 4.78 is 5.25. The van der Waals surface area contributed by atoms with Gasteiger partial charge in [0.25, 0.3) is 0 Å². The van der Waals surface area contributed by atoms with Gasteiger partial charge < -0.3 is 10.1 Å². The highest BCUT2D eigenvalue weighted by Gasteiger charge is 2.35. The van der Waals surface area contributed by atoms with Crippen LogP contribution in [0.3, 0.4) is 0 Å². The van der Waals surface area contributed by atoms with Gasteiger partial charge in [-0.05, 0) is 29.3 Å². The van der Waals surface area contributed by atoms with Gasteiger partial charge in [-0.3, -0.25) is 10.1 Å². The van der Waals surface area contributed by atoms with Crippen molar-refractivity contribution in [2.24, 2.45) is 0 Å². The van der Waals surface area contributed by atoms with Crippen LogP contribution in [0, 0.1) is 10.1 Å². The molecular formula is C12H16BrN3O4. The van der Waals surface area contributed by atoms with Crippen LogP contribution in [0.2, 0.25) is 0 Å². The lowest BCUT2D eigenvalue weighted by Crippen LogP contribution is -2.44. The Hall–Kier alpha value is -1.70. The molecule has 0 spiro atoms. The van der Waals surface area contributed by atoms with E-state index in [0.29, 0.717) is 17.3 Å². The van der Waals surface area contributed by atoms with Gasteiger partial charge in [-0.15, -0.1) is 0 Å². The molecule has 0 radical (unpaired) electrons. The quantitative estimate of drug-likeness (QED) is 0.484. The van der Waals surface area contributed by atoms with E-state index >= 15 is 0 Å². The van der Waals surface area contributed by atoms with E-state index in [1.807, 2.05) is 6.92 Å². The van der Waals surface area contributed by atoms with Gasteiger partial charge in [0, 0.05) is 16.7 Å². The van der Waals surface area contributed by atoms with Crippen molar-refractivity contribution in [1.29, 1.82) is 0 Å². The van der Waals surface area contributed by atoms with Gasteiger partial charge in [-0.2, -0.15) is 0 Å². The Balaban J connectivity index is 3.18. The number of nitro groups is 1. The summed E-state index contributed by atoms with van der Waals surface area (Å²) in [6, 6.07) is 1.33. The monoisotopic (exact) mass is 345 g/mol. The first-order valence-corrected chi connectivity index (χ1v) is 6.80. The van der Waals surface area contributed by atoms with Gasteiger partial charge in [0.1, 0.15) is 5.54 Å². The zero-order valence-corrected chi connectivity index (χ0v) is 13.1. The molecule has 1 unspecified atom stereocenters. The molecule has 1 N–H and O–H groups in total. The van der Waals surface area contributed by atoms with Crippen molar-refractivity contribution < 1.29 is 14.5 Å². The van der Waals surface area contributed by atoms with Gasteiger partial charge in [0.2, 0.25) is 5.82 Å². The van der Waals surface area contributed by atoms with Crippen molar-refractivity contribution >= 4 is 33.4 Å². The minimum absolute atomic E-state index is 0.0413. The van der Waals surface area contributed by atoms with E-state index in [2.05, 4.69) is 26.2 Å². The van der Waals surface area contributed by atoms with E-state index in [1.54, 1.807) is 6.92 Å². The lowest BCUT2D eigenvalue weighted by molar-refractivity contribution is -0.384. The fourth-order valence-corrected chi connectivity index (χ4v) is 2.19. The second kappa shape index (κ2) is 6.65. The number of carbonyl (C=O) groups excluding carboxylic acids is 1. The molecule has 8 heteroatoms. The Bertz CT molecular complexity index is 523. The van der Waals surface area contributed by atoms with Crippen LogP contribution in [-0.2, 0) is 9.53 Å². The molecule has 0 fully saturated rings. The number of ether oxygens (including phenoxy) is 1. The average molecular weight is 346 g/mol. The highest BCUT2D eigenvalue weighted by atomic mass is 79.9.